The molecule has 0 bridgehead atoms. The summed E-state index contributed by atoms with van der Waals surface area (Å²) in [5.41, 5.74) is 1.02. The molecule has 1 saturated carbocycles. The molecule has 1 aromatic heterocycles. The van der Waals surface area contributed by atoms with Gasteiger partial charge in [0.05, 0.1) is 0 Å². The molecule has 0 aromatic carbocycles. The van der Waals surface area contributed by atoms with Crippen LogP contribution in [0.3, 0.4) is 0 Å². The lowest BCUT2D eigenvalue weighted by atomic mass is 9.90. The fraction of sp³-hybridized carbons (Fsp3) is 0.692. The fourth-order valence-corrected chi connectivity index (χ4v) is 4.85. The first-order chi connectivity index (χ1) is 9.12. The van der Waals surface area contributed by atoms with E-state index in [4.69, 9.17) is 0 Å². The summed E-state index contributed by atoms with van der Waals surface area (Å²) in [6, 6.07) is 1.75. The lowest BCUT2D eigenvalue weighted by Gasteiger charge is -2.21. The van der Waals surface area contributed by atoms with Crippen molar-refractivity contribution in [3.63, 3.8) is 0 Å². The summed E-state index contributed by atoms with van der Waals surface area (Å²) in [5.74, 6) is 0.514. The number of hydrogen-bond acceptors (Lipinski definition) is 4. The maximum absolute atomic E-state index is 12.2. The zero-order valence-electron chi connectivity index (χ0n) is 11.3. The molecule has 2 rings (SSSR count). The van der Waals surface area contributed by atoms with E-state index in [1.807, 2.05) is 12.4 Å². The minimum absolute atomic E-state index is 0.425. The first kappa shape index (κ1) is 15.0. The Bertz CT molecular complexity index is 490. The zero-order valence-corrected chi connectivity index (χ0v) is 12.9. The van der Waals surface area contributed by atoms with E-state index in [-0.39, 0.29) is 0 Å². The van der Waals surface area contributed by atoms with E-state index in [0.29, 0.717) is 23.2 Å². The second-order valence-electron chi connectivity index (χ2n) is 5.16. The molecule has 0 amide bonds. The van der Waals surface area contributed by atoms with Crippen LogP contribution in [-0.2, 0) is 16.6 Å². The lowest BCUT2D eigenvalue weighted by molar-refractivity contribution is 0.357. The first-order valence-corrected chi connectivity index (χ1v) is 9.20. The highest BCUT2D eigenvalue weighted by Crippen LogP contribution is 2.24. The van der Waals surface area contributed by atoms with Crippen LogP contribution in [0.4, 0.5) is 0 Å². The molecule has 0 atom stereocenters. The summed E-state index contributed by atoms with van der Waals surface area (Å²) >= 11 is 1.29. The normalized spacial score (nSPS) is 17.7. The Labute approximate surface area is 119 Å². The molecule has 1 fully saturated rings. The molecule has 0 unspecified atom stereocenters. The highest BCUT2D eigenvalue weighted by atomic mass is 32.2. The second kappa shape index (κ2) is 6.83. The molecule has 2 N–H and O–H groups in total. The first-order valence-electron chi connectivity index (χ1n) is 6.83. The Kier molecular flexibility index (Phi) is 5.38. The molecule has 1 heterocycles. The van der Waals surface area contributed by atoms with Crippen LogP contribution in [0, 0.1) is 5.92 Å². The number of thiophene rings is 1. The van der Waals surface area contributed by atoms with Gasteiger partial charge in [0.15, 0.2) is 0 Å². The molecular weight excluding hydrogens is 280 g/mol. The third-order valence-electron chi connectivity index (χ3n) is 3.56. The summed E-state index contributed by atoms with van der Waals surface area (Å²) < 4.78 is 27.5. The van der Waals surface area contributed by atoms with Gasteiger partial charge in [-0.1, -0.05) is 19.3 Å². The lowest BCUT2D eigenvalue weighted by Crippen LogP contribution is -2.29. The van der Waals surface area contributed by atoms with Gasteiger partial charge in [-0.15, -0.1) is 11.3 Å². The monoisotopic (exact) mass is 302 g/mol. The number of rotatable bonds is 6. The van der Waals surface area contributed by atoms with Crippen LogP contribution in [0.2, 0.25) is 0 Å². The third kappa shape index (κ3) is 4.27. The number of hydrogen-bond donors (Lipinski definition) is 2. The Morgan fingerprint density at radius 3 is 2.74 bits per heavy atom. The van der Waals surface area contributed by atoms with Crippen molar-refractivity contribution in [2.75, 3.05) is 13.6 Å². The van der Waals surface area contributed by atoms with E-state index in [1.54, 1.807) is 6.07 Å². The quantitative estimate of drug-likeness (QED) is 0.848. The summed E-state index contributed by atoms with van der Waals surface area (Å²) in [6.07, 6.45) is 6.06. The minimum atomic E-state index is -3.32. The van der Waals surface area contributed by atoms with Crippen molar-refractivity contribution in [1.82, 2.24) is 10.0 Å². The van der Waals surface area contributed by atoms with Crippen LogP contribution in [0.15, 0.2) is 15.7 Å². The van der Waals surface area contributed by atoms with Crippen LogP contribution < -0.4 is 10.0 Å². The van der Waals surface area contributed by atoms with Crippen molar-refractivity contribution in [3.05, 3.63) is 17.0 Å². The van der Waals surface area contributed by atoms with Gasteiger partial charge < -0.3 is 5.32 Å². The Morgan fingerprint density at radius 2 is 2.05 bits per heavy atom. The van der Waals surface area contributed by atoms with Crippen molar-refractivity contribution in [2.24, 2.45) is 5.92 Å². The van der Waals surface area contributed by atoms with Gasteiger partial charge >= 0.3 is 0 Å². The molecule has 0 spiro atoms. The largest absolute Gasteiger partial charge is 0.316 e. The van der Waals surface area contributed by atoms with Gasteiger partial charge in [0.1, 0.15) is 4.21 Å². The Hall–Kier alpha value is -0.430. The van der Waals surface area contributed by atoms with Gasteiger partial charge in [-0.2, -0.15) is 0 Å². The van der Waals surface area contributed by atoms with E-state index >= 15 is 0 Å². The molecule has 1 aliphatic carbocycles. The van der Waals surface area contributed by atoms with Crippen molar-refractivity contribution < 1.29 is 8.42 Å². The zero-order chi connectivity index (χ0) is 13.7. The molecule has 108 valence electrons. The van der Waals surface area contributed by atoms with Gasteiger partial charge in [-0.3, -0.25) is 0 Å². The van der Waals surface area contributed by atoms with E-state index in [1.165, 1.54) is 30.6 Å². The number of nitrogens with one attached hydrogen (secondary N) is 2. The molecule has 6 heteroatoms. The maximum atomic E-state index is 12.2. The van der Waals surface area contributed by atoms with E-state index in [9.17, 15) is 8.42 Å². The van der Waals surface area contributed by atoms with Crippen molar-refractivity contribution >= 4 is 21.4 Å². The number of sulfonamides is 1. The summed E-state index contributed by atoms with van der Waals surface area (Å²) in [5, 5.41) is 4.92. The second-order valence-corrected chi connectivity index (χ2v) is 8.07. The highest BCUT2D eigenvalue weighted by molar-refractivity contribution is 7.91. The molecule has 19 heavy (non-hydrogen) atoms. The fourth-order valence-electron chi connectivity index (χ4n) is 2.48. The Balaban J connectivity index is 1.92. The molecular formula is C13H22N2O2S2. The average molecular weight is 302 g/mol. The van der Waals surface area contributed by atoms with Crippen LogP contribution >= 0.6 is 11.3 Å². The van der Waals surface area contributed by atoms with E-state index in [2.05, 4.69) is 10.0 Å². The molecule has 1 aromatic rings. The van der Waals surface area contributed by atoms with Gasteiger partial charge in [-0.05, 0) is 42.8 Å². The average Bonchev–Trinajstić information content (AvgIpc) is 2.88. The topological polar surface area (TPSA) is 58.2 Å². The molecule has 0 aliphatic heterocycles. The summed E-state index contributed by atoms with van der Waals surface area (Å²) in [4.78, 5) is 0. The summed E-state index contributed by atoms with van der Waals surface area (Å²) in [6.45, 7) is 1.29. The molecule has 1 aliphatic rings. The van der Waals surface area contributed by atoms with Crippen LogP contribution in [0.1, 0.15) is 37.7 Å². The van der Waals surface area contributed by atoms with Crippen molar-refractivity contribution in [1.29, 1.82) is 0 Å². The van der Waals surface area contributed by atoms with Gasteiger partial charge in [0.25, 0.3) is 0 Å². The Morgan fingerprint density at radius 1 is 1.32 bits per heavy atom. The van der Waals surface area contributed by atoms with Gasteiger partial charge in [0, 0.05) is 13.1 Å². The SMILES string of the molecule is CNCc1csc(S(=O)(=O)NCC2CCCCC2)c1. The maximum Gasteiger partial charge on any atom is 0.250 e. The minimum Gasteiger partial charge on any atom is -0.316 e. The third-order valence-corrected chi connectivity index (χ3v) is 6.47. The van der Waals surface area contributed by atoms with Crippen LogP contribution in [0.5, 0.6) is 0 Å². The molecule has 4 nitrogen and oxygen atoms in total. The predicted octanol–water partition coefficient (Wildman–Crippen LogP) is 2.33. The smallest absolute Gasteiger partial charge is 0.250 e. The van der Waals surface area contributed by atoms with E-state index < -0.39 is 10.0 Å². The molecule has 0 saturated heterocycles. The van der Waals surface area contributed by atoms with E-state index in [0.717, 1.165) is 18.4 Å². The van der Waals surface area contributed by atoms with Crippen LogP contribution in [-0.4, -0.2) is 22.0 Å². The highest BCUT2D eigenvalue weighted by Gasteiger charge is 2.20. The molecule has 0 radical (unpaired) electrons. The van der Waals surface area contributed by atoms with Gasteiger partial charge in [-0.25, -0.2) is 13.1 Å². The van der Waals surface area contributed by atoms with Crippen molar-refractivity contribution in [2.45, 2.75) is 42.9 Å². The standard InChI is InChI=1S/C13H22N2O2S2/c1-14-8-12-7-13(18-10-12)19(16,17)15-9-11-5-3-2-4-6-11/h7,10-11,14-15H,2-6,8-9H2,1H3. The predicted molar refractivity (Wildman–Crippen MR) is 78.8 cm³/mol. The van der Waals surface area contributed by atoms with Gasteiger partial charge in [0.2, 0.25) is 10.0 Å². The van der Waals surface area contributed by atoms with Crippen molar-refractivity contribution in [3.8, 4) is 0 Å². The van der Waals surface area contributed by atoms with Crippen LogP contribution in [0.25, 0.3) is 0 Å². The summed E-state index contributed by atoms with van der Waals surface area (Å²) in [7, 11) is -1.46.